The van der Waals surface area contributed by atoms with E-state index < -0.39 is 0 Å². The number of hydrogen-bond donors (Lipinski definition) is 3. The van der Waals surface area contributed by atoms with E-state index in [9.17, 15) is 4.39 Å². The Morgan fingerprint density at radius 1 is 1.27 bits per heavy atom. The number of benzene rings is 1. The number of rotatable bonds is 8. The van der Waals surface area contributed by atoms with Gasteiger partial charge in [-0.15, -0.1) is 24.0 Å². The molecule has 0 amide bonds. The molecule has 1 fully saturated rings. The van der Waals surface area contributed by atoms with E-state index in [1.54, 1.807) is 19.2 Å². The van der Waals surface area contributed by atoms with Crippen LogP contribution in [-0.2, 0) is 13.0 Å². The number of aromatic nitrogens is 2. The smallest absolute Gasteiger partial charge is 0.213 e. The van der Waals surface area contributed by atoms with Crippen LogP contribution in [0.5, 0.6) is 5.88 Å². The lowest BCUT2D eigenvalue weighted by Crippen LogP contribution is -2.37. The number of nitrogens with zero attached hydrogens (tertiary/aromatic N) is 2. The van der Waals surface area contributed by atoms with Gasteiger partial charge < -0.3 is 20.4 Å². The highest BCUT2D eigenvalue weighted by atomic mass is 127. The van der Waals surface area contributed by atoms with Gasteiger partial charge >= 0.3 is 0 Å². The molecule has 0 unspecified atom stereocenters. The first-order valence-electron chi connectivity index (χ1n) is 9.99. The van der Waals surface area contributed by atoms with E-state index >= 15 is 0 Å². The number of nitrogens with one attached hydrogen (secondary N) is 3. The van der Waals surface area contributed by atoms with Crippen molar-refractivity contribution in [2.24, 2.45) is 10.9 Å². The third-order valence-electron chi connectivity index (χ3n) is 5.06. The number of guanidine groups is 1. The van der Waals surface area contributed by atoms with Crippen molar-refractivity contribution in [2.45, 2.75) is 25.8 Å². The molecule has 2 aromatic heterocycles. The Morgan fingerprint density at radius 3 is 2.87 bits per heavy atom. The van der Waals surface area contributed by atoms with Crippen molar-refractivity contribution in [3.63, 3.8) is 0 Å². The van der Waals surface area contributed by atoms with E-state index in [2.05, 4.69) is 25.6 Å². The molecule has 8 heteroatoms. The summed E-state index contributed by atoms with van der Waals surface area (Å²) in [5, 5.41) is 7.50. The number of pyridine rings is 1. The lowest BCUT2D eigenvalue weighted by atomic mass is 10.1. The van der Waals surface area contributed by atoms with Crippen LogP contribution in [0.2, 0.25) is 0 Å². The highest BCUT2D eigenvalue weighted by Crippen LogP contribution is 2.29. The summed E-state index contributed by atoms with van der Waals surface area (Å²) in [5.41, 5.74) is 3.08. The molecule has 1 aliphatic rings. The van der Waals surface area contributed by atoms with Gasteiger partial charge in [0, 0.05) is 49.5 Å². The first-order chi connectivity index (χ1) is 14.2. The number of aliphatic imine (C=N–C) groups is 1. The van der Waals surface area contributed by atoms with Crippen LogP contribution >= 0.6 is 24.0 Å². The van der Waals surface area contributed by atoms with E-state index in [1.807, 2.05) is 24.5 Å². The molecule has 3 aromatic rings. The lowest BCUT2D eigenvalue weighted by molar-refractivity contribution is 0.288. The molecule has 2 heterocycles. The topological polar surface area (TPSA) is 74.3 Å². The van der Waals surface area contributed by atoms with Gasteiger partial charge in [-0.3, -0.25) is 4.99 Å². The summed E-state index contributed by atoms with van der Waals surface area (Å²) in [6.45, 7) is 2.08. The highest BCUT2D eigenvalue weighted by molar-refractivity contribution is 14.0. The fraction of sp³-hybridized carbons (Fsp3) is 0.364. The Hall–Kier alpha value is -2.36. The molecule has 0 saturated heterocycles. The molecule has 1 aromatic carbocycles. The van der Waals surface area contributed by atoms with Crippen LogP contribution in [0.4, 0.5) is 4.39 Å². The van der Waals surface area contributed by atoms with Crippen LogP contribution in [0.25, 0.3) is 10.9 Å². The largest absolute Gasteiger partial charge is 0.477 e. The van der Waals surface area contributed by atoms with Gasteiger partial charge in [-0.2, -0.15) is 0 Å². The number of fused-ring (bicyclic) bond motifs is 1. The minimum atomic E-state index is -0.221. The molecule has 4 rings (SSSR count). The number of H-pyrrole nitrogens is 1. The second-order valence-electron chi connectivity index (χ2n) is 7.37. The molecule has 0 spiro atoms. The third kappa shape index (κ3) is 6.07. The molecule has 6 nitrogen and oxygen atoms in total. The van der Waals surface area contributed by atoms with Crippen LogP contribution in [0.3, 0.4) is 0 Å². The van der Waals surface area contributed by atoms with Crippen molar-refractivity contribution in [1.82, 2.24) is 20.6 Å². The fourth-order valence-electron chi connectivity index (χ4n) is 3.17. The van der Waals surface area contributed by atoms with Crippen molar-refractivity contribution < 1.29 is 9.13 Å². The summed E-state index contributed by atoms with van der Waals surface area (Å²) in [6, 6.07) is 8.71. The first-order valence-corrected chi connectivity index (χ1v) is 9.99. The van der Waals surface area contributed by atoms with Crippen LogP contribution in [-0.4, -0.2) is 36.1 Å². The first kappa shape index (κ1) is 22.3. The molecule has 1 saturated carbocycles. The monoisotopic (exact) mass is 523 g/mol. The summed E-state index contributed by atoms with van der Waals surface area (Å²) in [5.74, 6) is 1.89. The second-order valence-corrected chi connectivity index (χ2v) is 7.37. The number of hydrogen-bond acceptors (Lipinski definition) is 3. The minimum absolute atomic E-state index is 0. The number of halogens is 2. The number of aromatic amines is 1. The second kappa shape index (κ2) is 10.6. The van der Waals surface area contributed by atoms with E-state index in [1.165, 1.54) is 18.9 Å². The molecule has 160 valence electrons. The fourth-order valence-corrected chi connectivity index (χ4v) is 3.17. The standard InChI is InChI=1S/C22H26FN5O.HI/c1-24-22(25-9-8-17-13-26-20-6-5-18(23)10-19(17)20)28-12-16-4-7-21(27-11-16)29-14-15-2-3-15;/h4-7,10-11,13,15,26H,2-3,8-9,12,14H2,1H3,(H2,24,25,28);1H. The number of ether oxygens (including phenoxy) is 1. The SMILES string of the molecule is CN=C(NCCc1c[nH]c2ccc(F)cc12)NCc1ccc(OCC2CC2)nc1.I. The molecule has 3 N–H and O–H groups in total. The quantitative estimate of drug-likeness (QED) is 0.237. The summed E-state index contributed by atoms with van der Waals surface area (Å²) in [6.07, 6.45) is 7.05. The van der Waals surface area contributed by atoms with Crippen LogP contribution in [0, 0.1) is 11.7 Å². The lowest BCUT2D eigenvalue weighted by Gasteiger charge is -2.12. The van der Waals surface area contributed by atoms with Gasteiger partial charge in [-0.25, -0.2) is 9.37 Å². The molecular weight excluding hydrogens is 496 g/mol. The molecule has 1 aliphatic carbocycles. The molecule has 0 bridgehead atoms. The van der Waals surface area contributed by atoms with Gasteiger partial charge in [-0.05, 0) is 54.5 Å². The Kier molecular flexibility index (Phi) is 7.89. The molecule has 30 heavy (non-hydrogen) atoms. The predicted molar refractivity (Wildman–Crippen MR) is 128 cm³/mol. The van der Waals surface area contributed by atoms with Crippen LogP contribution in [0.1, 0.15) is 24.0 Å². The summed E-state index contributed by atoms with van der Waals surface area (Å²) in [4.78, 5) is 11.8. The van der Waals surface area contributed by atoms with Gasteiger partial charge in [0.15, 0.2) is 5.96 Å². The van der Waals surface area contributed by atoms with Gasteiger partial charge in [0.05, 0.1) is 6.61 Å². The van der Waals surface area contributed by atoms with Gasteiger partial charge in [0.2, 0.25) is 5.88 Å². The van der Waals surface area contributed by atoms with Gasteiger partial charge in [-0.1, -0.05) is 6.07 Å². The van der Waals surface area contributed by atoms with E-state index in [0.29, 0.717) is 24.9 Å². The summed E-state index contributed by atoms with van der Waals surface area (Å²) >= 11 is 0. The molecular formula is C22H27FIN5O. The predicted octanol–water partition coefficient (Wildman–Crippen LogP) is 4.02. The average molecular weight is 523 g/mol. The van der Waals surface area contributed by atoms with Crippen molar-refractivity contribution >= 4 is 40.8 Å². The van der Waals surface area contributed by atoms with E-state index in [0.717, 1.165) is 41.0 Å². The molecule has 0 radical (unpaired) electrons. The average Bonchev–Trinajstić information content (AvgIpc) is 3.50. The van der Waals surface area contributed by atoms with Crippen LogP contribution in [0.15, 0.2) is 47.7 Å². The van der Waals surface area contributed by atoms with Gasteiger partial charge in [0.1, 0.15) is 5.82 Å². The Morgan fingerprint density at radius 2 is 2.13 bits per heavy atom. The van der Waals surface area contributed by atoms with Crippen molar-refractivity contribution in [2.75, 3.05) is 20.2 Å². The van der Waals surface area contributed by atoms with E-state index in [4.69, 9.17) is 4.74 Å². The zero-order chi connectivity index (χ0) is 20.1. The van der Waals surface area contributed by atoms with Crippen molar-refractivity contribution in [3.8, 4) is 5.88 Å². The maximum atomic E-state index is 13.5. The van der Waals surface area contributed by atoms with Crippen LogP contribution < -0.4 is 15.4 Å². The Labute approximate surface area is 192 Å². The molecule has 0 atom stereocenters. The zero-order valence-corrected chi connectivity index (χ0v) is 19.3. The summed E-state index contributed by atoms with van der Waals surface area (Å²) in [7, 11) is 1.74. The zero-order valence-electron chi connectivity index (χ0n) is 17.0. The Balaban J connectivity index is 0.00000256. The normalized spacial score (nSPS) is 13.7. The van der Waals surface area contributed by atoms with Crippen molar-refractivity contribution in [1.29, 1.82) is 0 Å². The maximum absolute atomic E-state index is 13.5. The highest BCUT2D eigenvalue weighted by Gasteiger charge is 2.22. The maximum Gasteiger partial charge on any atom is 0.213 e. The summed E-state index contributed by atoms with van der Waals surface area (Å²) < 4.78 is 19.2. The van der Waals surface area contributed by atoms with Crippen molar-refractivity contribution in [3.05, 3.63) is 59.7 Å². The third-order valence-corrected chi connectivity index (χ3v) is 5.06. The van der Waals surface area contributed by atoms with Gasteiger partial charge in [0.25, 0.3) is 0 Å². The van der Waals surface area contributed by atoms with E-state index in [-0.39, 0.29) is 29.8 Å². The Bertz CT molecular complexity index is 985. The molecule has 0 aliphatic heterocycles. The minimum Gasteiger partial charge on any atom is -0.477 e.